The van der Waals surface area contributed by atoms with Crippen molar-refractivity contribution >= 4 is 5.97 Å². The molecule has 98 valence electrons. The van der Waals surface area contributed by atoms with Gasteiger partial charge < -0.3 is 10.2 Å². The number of rotatable bonds is 4. The van der Waals surface area contributed by atoms with Crippen LogP contribution in [0.1, 0.15) is 18.9 Å². The van der Waals surface area contributed by atoms with Crippen LogP contribution >= 0.6 is 0 Å². The molecule has 0 spiro atoms. The second kappa shape index (κ2) is 5.40. The van der Waals surface area contributed by atoms with Gasteiger partial charge in [0.2, 0.25) is 0 Å². The number of carbonyl (C=O) groups is 1. The Balaban J connectivity index is 1.91. The summed E-state index contributed by atoms with van der Waals surface area (Å²) in [6.07, 6.45) is 1.63. The van der Waals surface area contributed by atoms with Gasteiger partial charge in [-0.1, -0.05) is 12.1 Å². The Labute approximate surface area is 107 Å². The molecule has 0 bridgehead atoms. The van der Waals surface area contributed by atoms with Crippen LogP contribution in [0.25, 0.3) is 0 Å². The molecule has 1 aliphatic rings. The highest BCUT2D eigenvalue weighted by Gasteiger charge is 2.30. The summed E-state index contributed by atoms with van der Waals surface area (Å²) in [5.41, 5.74) is 1.17. The summed E-state index contributed by atoms with van der Waals surface area (Å²) < 4.78 is 0. The average Bonchev–Trinajstić information content (AvgIpc) is 2.81. The van der Waals surface area contributed by atoms with Crippen LogP contribution in [0.3, 0.4) is 0 Å². The van der Waals surface area contributed by atoms with E-state index < -0.39 is 5.97 Å². The number of hydrogen-bond acceptors (Lipinski definition) is 3. The van der Waals surface area contributed by atoms with Gasteiger partial charge in [0, 0.05) is 12.6 Å². The van der Waals surface area contributed by atoms with Crippen molar-refractivity contribution in [2.24, 2.45) is 5.92 Å². The van der Waals surface area contributed by atoms with Gasteiger partial charge in [-0.15, -0.1) is 0 Å². The third-order valence-electron chi connectivity index (χ3n) is 3.66. The first-order chi connectivity index (χ1) is 8.56. The molecule has 2 unspecified atom stereocenters. The van der Waals surface area contributed by atoms with Gasteiger partial charge in [0.25, 0.3) is 0 Å². The average molecular weight is 249 g/mol. The molecule has 4 nitrogen and oxygen atoms in total. The van der Waals surface area contributed by atoms with Crippen molar-refractivity contribution in [1.82, 2.24) is 4.90 Å². The summed E-state index contributed by atoms with van der Waals surface area (Å²) in [5.74, 6) is -0.625. The van der Waals surface area contributed by atoms with Gasteiger partial charge in [-0.2, -0.15) is 0 Å². The van der Waals surface area contributed by atoms with E-state index in [1.165, 1.54) is 5.56 Å². The van der Waals surface area contributed by atoms with E-state index >= 15 is 0 Å². The number of phenols is 1. The van der Waals surface area contributed by atoms with Crippen molar-refractivity contribution in [2.45, 2.75) is 25.8 Å². The number of carboxylic acids is 1. The van der Waals surface area contributed by atoms with E-state index in [-0.39, 0.29) is 11.7 Å². The van der Waals surface area contributed by atoms with Crippen LogP contribution < -0.4 is 0 Å². The van der Waals surface area contributed by atoms with E-state index in [0.717, 1.165) is 19.4 Å². The summed E-state index contributed by atoms with van der Waals surface area (Å²) >= 11 is 0. The minimum atomic E-state index is -0.686. The molecule has 0 saturated carbocycles. The van der Waals surface area contributed by atoms with Crippen LogP contribution in [0.5, 0.6) is 5.75 Å². The number of carboxylic acid groups (broad SMARTS) is 1. The Kier molecular flexibility index (Phi) is 3.87. The fourth-order valence-corrected chi connectivity index (χ4v) is 2.49. The molecule has 2 rings (SSSR count). The van der Waals surface area contributed by atoms with E-state index in [1.54, 1.807) is 12.1 Å². The predicted molar refractivity (Wildman–Crippen MR) is 68.6 cm³/mol. The maximum Gasteiger partial charge on any atom is 0.307 e. The van der Waals surface area contributed by atoms with Crippen molar-refractivity contribution in [3.05, 3.63) is 29.8 Å². The fourth-order valence-electron chi connectivity index (χ4n) is 2.49. The SMILES string of the molecule is CC(Cc1ccc(O)cc1)N1CCC(C(=O)O)C1. The largest absolute Gasteiger partial charge is 0.508 e. The lowest BCUT2D eigenvalue weighted by molar-refractivity contribution is -0.141. The van der Waals surface area contributed by atoms with E-state index in [2.05, 4.69) is 11.8 Å². The number of benzene rings is 1. The number of nitrogens with zero attached hydrogens (tertiary/aromatic N) is 1. The summed E-state index contributed by atoms with van der Waals surface area (Å²) in [6.45, 7) is 3.63. The third-order valence-corrected chi connectivity index (χ3v) is 3.66. The van der Waals surface area contributed by atoms with Crippen LogP contribution in [0.2, 0.25) is 0 Å². The zero-order valence-corrected chi connectivity index (χ0v) is 10.5. The topological polar surface area (TPSA) is 60.8 Å². The molecular formula is C14H19NO3. The van der Waals surface area contributed by atoms with Crippen LogP contribution in [0.4, 0.5) is 0 Å². The van der Waals surface area contributed by atoms with Crippen molar-refractivity contribution in [3.63, 3.8) is 0 Å². The maximum atomic E-state index is 10.9. The Morgan fingerprint density at radius 2 is 2.11 bits per heavy atom. The van der Waals surface area contributed by atoms with Crippen LogP contribution in [0.15, 0.2) is 24.3 Å². The molecule has 0 amide bonds. The first-order valence-electron chi connectivity index (χ1n) is 6.31. The first-order valence-corrected chi connectivity index (χ1v) is 6.31. The molecule has 4 heteroatoms. The molecule has 1 aromatic rings. The molecule has 1 heterocycles. The molecule has 0 aliphatic carbocycles. The van der Waals surface area contributed by atoms with Crippen molar-refractivity contribution < 1.29 is 15.0 Å². The lowest BCUT2D eigenvalue weighted by Gasteiger charge is -2.24. The number of hydrogen-bond donors (Lipinski definition) is 2. The molecular weight excluding hydrogens is 230 g/mol. The number of phenolic OH excluding ortho intramolecular Hbond substituents is 1. The molecule has 2 atom stereocenters. The molecule has 18 heavy (non-hydrogen) atoms. The van der Waals surface area contributed by atoms with Crippen molar-refractivity contribution in [1.29, 1.82) is 0 Å². The van der Waals surface area contributed by atoms with Gasteiger partial charge in [0.1, 0.15) is 5.75 Å². The van der Waals surface area contributed by atoms with Crippen LogP contribution in [0, 0.1) is 5.92 Å². The Morgan fingerprint density at radius 1 is 1.44 bits per heavy atom. The van der Waals surface area contributed by atoms with Crippen LogP contribution in [-0.2, 0) is 11.2 Å². The lowest BCUT2D eigenvalue weighted by Crippen LogP contribution is -2.33. The third kappa shape index (κ3) is 3.01. The highest BCUT2D eigenvalue weighted by Crippen LogP contribution is 2.21. The Bertz CT molecular complexity index is 416. The molecule has 1 aliphatic heterocycles. The molecule has 1 fully saturated rings. The normalized spacial score (nSPS) is 21.9. The van der Waals surface area contributed by atoms with Crippen molar-refractivity contribution in [3.8, 4) is 5.75 Å². The lowest BCUT2D eigenvalue weighted by atomic mass is 10.1. The minimum Gasteiger partial charge on any atom is -0.508 e. The number of aromatic hydroxyl groups is 1. The quantitative estimate of drug-likeness (QED) is 0.853. The van der Waals surface area contributed by atoms with E-state index in [9.17, 15) is 9.90 Å². The highest BCUT2D eigenvalue weighted by atomic mass is 16.4. The fraction of sp³-hybridized carbons (Fsp3) is 0.500. The number of likely N-dealkylation sites (tertiary alicyclic amines) is 1. The van der Waals surface area contributed by atoms with Crippen molar-refractivity contribution in [2.75, 3.05) is 13.1 Å². The first kappa shape index (κ1) is 12.9. The second-order valence-electron chi connectivity index (χ2n) is 5.04. The van der Waals surface area contributed by atoms with E-state index in [4.69, 9.17) is 5.11 Å². The molecule has 0 radical (unpaired) electrons. The second-order valence-corrected chi connectivity index (χ2v) is 5.04. The van der Waals surface area contributed by atoms with Gasteiger partial charge in [0.15, 0.2) is 0 Å². The Morgan fingerprint density at radius 3 is 2.67 bits per heavy atom. The smallest absolute Gasteiger partial charge is 0.307 e. The molecule has 2 N–H and O–H groups in total. The van der Waals surface area contributed by atoms with Gasteiger partial charge in [-0.25, -0.2) is 0 Å². The molecule has 1 saturated heterocycles. The van der Waals surface area contributed by atoms with Gasteiger partial charge in [-0.05, 0) is 44.0 Å². The zero-order chi connectivity index (χ0) is 13.1. The van der Waals surface area contributed by atoms with E-state index in [0.29, 0.717) is 12.6 Å². The highest BCUT2D eigenvalue weighted by molar-refractivity contribution is 5.70. The predicted octanol–water partition coefficient (Wildman–Crippen LogP) is 1.73. The monoisotopic (exact) mass is 249 g/mol. The van der Waals surface area contributed by atoms with E-state index in [1.807, 2.05) is 12.1 Å². The Hall–Kier alpha value is -1.55. The maximum absolute atomic E-state index is 10.9. The summed E-state index contributed by atoms with van der Waals surface area (Å²) in [5, 5.41) is 18.2. The van der Waals surface area contributed by atoms with Crippen LogP contribution in [-0.4, -0.2) is 40.2 Å². The van der Waals surface area contributed by atoms with Gasteiger partial charge in [-0.3, -0.25) is 9.69 Å². The minimum absolute atomic E-state index is 0.215. The molecule has 0 aromatic heterocycles. The summed E-state index contributed by atoms with van der Waals surface area (Å²) in [7, 11) is 0. The summed E-state index contributed by atoms with van der Waals surface area (Å²) in [4.78, 5) is 13.1. The molecule has 1 aromatic carbocycles. The standard InChI is InChI=1S/C14H19NO3/c1-10(8-11-2-4-13(16)5-3-11)15-7-6-12(9-15)14(17)18/h2-5,10,12,16H,6-9H2,1H3,(H,17,18). The number of aliphatic carboxylic acids is 1. The van der Waals surface area contributed by atoms with Gasteiger partial charge in [0.05, 0.1) is 5.92 Å². The van der Waals surface area contributed by atoms with Gasteiger partial charge >= 0.3 is 5.97 Å². The zero-order valence-electron chi connectivity index (χ0n) is 10.5. The summed E-state index contributed by atoms with van der Waals surface area (Å²) in [6, 6.07) is 7.53.